The van der Waals surface area contributed by atoms with Crippen molar-refractivity contribution in [2.45, 2.75) is 49.5 Å². The minimum absolute atomic E-state index is 0.00577. The predicted molar refractivity (Wildman–Crippen MR) is 140 cm³/mol. The molecule has 3 atom stereocenters. The highest BCUT2D eigenvalue weighted by Crippen LogP contribution is 2.38. The third-order valence-corrected chi connectivity index (χ3v) is 7.77. The zero-order valence-electron chi connectivity index (χ0n) is 20.1. The number of primary amides is 1. The molecule has 0 bridgehead atoms. The van der Waals surface area contributed by atoms with Gasteiger partial charge in [-0.05, 0) is 50.3 Å². The number of carbonyl (C=O) groups is 2. The predicted octanol–water partition coefficient (Wildman–Crippen LogP) is 1.29. The molecule has 3 heterocycles. The van der Waals surface area contributed by atoms with Crippen molar-refractivity contribution >= 4 is 50.5 Å². The van der Waals surface area contributed by atoms with Crippen molar-refractivity contribution in [3.63, 3.8) is 0 Å². The molecule has 3 aromatic rings. The molecule has 2 fully saturated rings. The van der Waals surface area contributed by atoms with E-state index in [1.807, 2.05) is 6.07 Å². The Hall–Kier alpha value is -3.59. The first-order valence-electron chi connectivity index (χ1n) is 11.8. The second-order valence-electron chi connectivity index (χ2n) is 9.55. The SMILES string of the molecule is C=CC(=O)N1C[C@@]([Si])(n2nc(C#Cc3cc4ncn(C5CC5)c4cc3Cl)c(C(N)=O)c2N)C[C@@H]1C(C)O. The molecule has 12 heteroatoms. The quantitative estimate of drug-likeness (QED) is 0.255. The Morgan fingerprint density at radius 1 is 1.38 bits per heavy atom. The molecule has 1 unspecified atom stereocenters. The Morgan fingerprint density at radius 2 is 2.11 bits per heavy atom. The average Bonchev–Trinajstić information content (AvgIpc) is 3.36. The van der Waals surface area contributed by atoms with Gasteiger partial charge in [0.25, 0.3) is 5.91 Å². The molecule has 1 aliphatic carbocycles. The normalized spacial score (nSPS) is 22.1. The molecule has 2 aliphatic rings. The highest BCUT2D eigenvalue weighted by atomic mass is 35.5. The maximum atomic E-state index is 12.4. The Bertz CT molecular complexity index is 1510. The lowest BCUT2D eigenvalue weighted by atomic mass is 10.1. The average molecular weight is 535 g/mol. The number of hydrogen-bond acceptors (Lipinski definition) is 6. The van der Waals surface area contributed by atoms with E-state index in [0.717, 1.165) is 23.9 Å². The molecular formula is C25H25ClN7O3Si. The number of aliphatic hydroxyl groups excluding tert-OH is 1. The number of halogens is 1. The van der Waals surface area contributed by atoms with Crippen molar-refractivity contribution in [2.75, 3.05) is 12.3 Å². The lowest BCUT2D eigenvalue weighted by Crippen LogP contribution is -2.42. The zero-order chi connectivity index (χ0) is 26.6. The minimum atomic E-state index is -1.01. The monoisotopic (exact) mass is 534 g/mol. The molecule has 1 saturated heterocycles. The van der Waals surface area contributed by atoms with Gasteiger partial charge in [0.2, 0.25) is 5.91 Å². The number of fused-ring (bicyclic) bond motifs is 1. The summed E-state index contributed by atoms with van der Waals surface area (Å²) < 4.78 is 3.51. The Labute approximate surface area is 221 Å². The van der Waals surface area contributed by atoms with Crippen LogP contribution in [0.1, 0.15) is 53.8 Å². The van der Waals surface area contributed by atoms with E-state index in [2.05, 4.69) is 43.3 Å². The van der Waals surface area contributed by atoms with Crippen LogP contribution in [0.4, 0.5) is 5.82 Å². The molecule has 5 N–H and O–H groups in total. The zero-order valence-corrected chi connectivity index (χ0v) is 21.9. The van der Waals surface area contributed by atoms with Crippen molar-refractivity contribution < 1.29 is 14.7 Å². The second-order valence-corrected chi connectivity index (χ2v) is 10.9. The van der Waals surface area contributed by atoms with Crippen molar-refractivity contribution in [1.82, 2.24) is 24.2 Å². The lowest BCUT2D eigenvalue weighted by Gasteiger charge is -2.26. The number of nitrogens with two attached hydrogens (primary N) is 2. The number of anilines is 1. The number of benzene rings is 1. The van der Waals surface area contributed by atoms with Gasteiger partial charge >= 0.3 is 0 Å². The third-order valence-electron chi connectivity index (χ3n) is 6.89. The van der Waals surface area contributed by atoms with Crippen LogP contribution in [0.25, 0.3) is 11.0 Å². The number of nitrogens with zero attached hydrogens (tertiary/aromatic N) is 5. The Morgan fingerprint density at radius 3 is 2.73 bits per heavy atom. The van der Waals surface area contributed by atoms with Crippen molar-refractivity contribution in [1.29, 1.82) is 0 Å². The molecule has 1 aliphatic heterocycles. The van der Waals surface area contributed by atoms with E-state index >= 15 is 0 Å². The third kappa shape index (κ3) is 4.31. The fourth-order valence-electron chi connectivity index (χ4n) is 4.86. The molecule has 0 spiro atoms. The van der Waals surface area contributed by atoms with Gasteiger partial charge in [-0.3, -0.25) is 9.59 Å². The van der Waals surface area contributed by atoms with E-state index < -0.39 is 23.2 Å². The van der Waals surface area contributed by atoms with Gasteiger partial charge in [0.05, 0.1) is 49.9 Å². The summed E-state index contributed by atoms with van der Waals surface area (Å²) in [6.45, 7) is 5.25. The molecule has 37 heavy (non-hydrogen) atoms. The van der Waals surface area contributed by atoms with Gasteiger partial charge in [0.1, 0.15) is 11.4 Å². The first kappa shape index (κ1) is 25.1. The molecule has 10 nitrogen and oxygen atoms in total. The number of amides is 2. The lowest BCUT2D eigenvalue weighted by molar-refractivity contribution is -0.128. The van der Waals surface area contributed by atoms with E-state index in [-0.39, 0.29) is 35.9 Å². The number of likely N-dealkylation sites (tertiary alicyclic amines) is 1. The maximum Gasteiger partial charge on any atom is 0.255 e. The van der Waals surface area contributed by atoms with Crippen LogP contribution < -0.4 is 11.5 Å². The summed E-state index contributed by atoms with van der Waals surface area (Å²) >= 11 is 6.53. The fraction of sp³-hybridized carbons (Fsp3) is 0.360. The summed E-state index contributed by atoms with van der Waals surface area (Å²) in [5.74, 6) is 4.72. The van der Waals surface area contributed by atoms with Crippen LogP contribution in [0, 0.1) is 11.8 Å². The van der Waals surface area contributed by atoms with Crippen LogP contribution in [-0.4, -0.2) is 70.1 Å². The molecule has 2 aromatic heterocycles. The topological polar surface area (TPSA) is 145 Å². The van der Waals surface area contributed by atoms with Gasteiger partial charge in [-0.25, -0.2) is 9.67 Å². The van der Waals surface area contributed by atoms with E-state index in [0.29, 0.717) is 16.6 Å². The number of rotatable bonds is 5. The summed E-state index contributed by atoms with van der Waals surface area (Å²) in [6, 6.07) is 3.56. The number of nitrogen functional groups attached to an aromatic ring is 1. The van der Waals surface area contributed by atoms with Gasteiger partial charge < -0.3 is 26.0 Å². The highest BCUT2D eigenvalue weighted by Gasteiger charge is 2.47. The molecule has 5 rings (SSSR count). The molecule has 2 amide bonds. The van der Waals surface area contributed by atoms with Gasteiger partial charge in [-0.2, -0.15) is 5.10 Å². The summed E-state index contributed by atoms with van der Waals surface area (Å²) in [5.41, 5.74) is 14.2. The van der Waals surface area contributed by atoms with Crippen molar-refractivity contribution in [3.8, 4) is 11.8 Å². The van der Waals surface area contributed by atoms with Gasteiger partial charge in [0.15, 0.2) is 5.69 Å². The van der Waals surface area contributed by atoms with Crippen molar-refractivity contribution in [3.05, 3.63) is 53.0 Å². The standard InChI is InChI=1S/C25H25ClN7O3Si/c1-3-21(35)31-11-25(37,10-20(31)13(2)34)33-23(27)22(24(28)36)17(30-33)7-4-14-8-18-19(9-16(14)26)32(12-29-18)15-5-6-15/h3,8-9,12-13,15,20,34H,1,5-6,10-11,27H2,2H3,(H2,28,36)/t13?,20-,25-/m1/s1. The van der Waals surface area contributed by atoms with E-state index in [4.69, 9.17) is 23.1 Å². The van der Waals surface area contributed by atoms with Crippen LogP contribution >= 0.6 is 11.6 Å². The van der Waals surface area contributed by atoms with E-state index in [1.165, 1.54) is 15.7 Å². The van der Waals surface area contributed by atoms with Gasteiger partial charge in [-0.1, -0.05) is 24.1 Å². The van der Waals surface area contributed by atoms with Gasteiger partial charge in [-0.15, -0.1) is 0 Å². The highest BCUT2D eigenvalue weighted by molar-refractivity contribution is 6.32. The van der Waals surface area contributed by atoms with Crippen LogP contribution in [0.2, 0.25) is 5.02 Å². The van der Waals surface area contributed by atoms with Crippen LogP contribution in [0.5, 0.6) is 0 Å². The summed E-state index contributed by atoms with van der Waals surface area (Å²) in [4.78, 5) is 30.7. The van der Waals surface area contributed by atoms with Crippen molar-refractivity contribution in [2.24, 2.45) is 5.73 Å². The molecule has 1 saturated carbocycles. The number of imidazole rings is 1. The van der Waals surface area contributed by atoms with Gasteiger partial charge in [0, 0.05) is 18.2 Å². The van der Waals surface area contributed by atoms with E-state index in [9.17, 15) is 14.7 Å². The number of aliphatic hydroxyl groups is 1. The summed E-state index contributed by atoms with van der Waals surface area (Å²) in [5, 5.41) is 14.2. The Balaban J connectivity index is 1.54. The summed E-state index contributed by atoms with van der Waals surface area (Å²) in [6.07, 6.45) is 4.67. The van der Waals surface area contributed by atoms with E-state index in [1.54, 1.807) is 19.3 Å². The molecule has 3 radical (unpaired) electrons. The molecule has 189 valence electrons. The maximum absolute atomic E-state index is 12.4. The first-order valence-corrected chi connectivity index (χ1v) is 12.6. The number of aromatic nitrogens is 4. The van der Waals surface area contributed by atoms with Crippen LogP contribution in [-0.2, 0) is 9.96 Å². The largest absolute Gasteiger partial charge is 0.391 e. The molecular weight excluding hydrogens is 510 g/mol. The first-order chi connectivity index (χ1) is 17.5. The smallest absolute Gasteiger partial charge is 0.255 e. The fourth-order valence-corrected chi connectivity index (χ4v) is 5.62. The Kier molecular flexibility index (Phi) is 6.14. The summed E-state index contributed by atoms with van der Waals surface area (Å²) in [7, 11) is 3.72. The van der Waals surface area contributed by atoms with Crippen LogP contribution in [0.15, 0.2) is 31.1 Å². The molecule has 1 aromatic carbocycles. The number of hydrogen-bond donors (Lipinski definition) is 3. The number of carbonyl (C=O) groups excluding carboxylic acids is 2. The second kappa shape index (κ2) is 9.06. The minimum Gasteiger partial charge on any atom is -0.391 e. The van der Waals surface area contributed by atoms with Crippen LogP contribution in [0.3, 0.4) is 0 Å².